The highest BCUT2D eigenvalue weighted by molar-refractivity contribution is 5.81. The van der Waals surface area contributed by atoms with Crippen molar-refractivity contribution in [2.24, 2.45) is 7.05 Å². The lowest BCUT2D eigenvalue weighted by molar-refractivity contribution is 0.0314. The Morgan fingerprint density at radius 1 is 1.28 bits per heavy atom. The highest BCUT2D eigenvalue weighted by atomic mass is 16.5. The van der Waals surface area contributed by atoms with Crippen molar-refractivity contribution < 1.29 is 4.74 Å². The lowest BCUT2D eigenvalue weighted by Gasteiger charge is -2.23. The average molecular weight is 337 g/mol. The van der Waals surface area contributed by atoms with Gasteiger partial charge >= 0.3 is 0 Å². The number of aromatic nitrogens is 4. The van der Waals surface area contributed by atoms with Gasteiger partial charge in [-0.2, -0.15) is 0 Å². The summed E-state index contributed by atoms with van der Waals surface area (Å²) in [7, 11) is 2.00. The van der Waals surface area contributed by atoms with Crippen LogP contribution in [0.5, 0.6) is 0 Å². The smallest absolute Gasteiger partial charge is 0.130 e. The first kappa shape index (κ1) is 16.0. The maximum atomic E-state index is 5.84. The topological polar surface area (TPSA) is 64.9 Å². The lowest BCUT2D eigenvalue weighted by atomic mass is 10.0. The van der Waals surface area contributed by atoms with Gasteiger partial charge in [0.15, 0.2) is 0 Å². The summed E-state index contributed by atoms with van der Waals surface area (Å²) in [6.07, 6.45) is 4.03. The number of fused-ring (bicyclic) bond motifs is 1. The molecule has 25 heavy (non-hydrogen) atoms. The number of ether oxygens (including phenoxy) is 1. The van der Waals surface area contributed by atoms with Crippen LogP contribution in [-0.4, -0.2) is 38.3 Å². The Morgan fingerprint density at radius 2 is 2.16 bits per heavy atom. The first-order chi connectivity index (χ1) is 12.0. The fourth-order valence-corrected chi connectivity index (χ4v) is 3.36. The number of aryl methyl sites for hydroxylation is 2. The number of rotatable bonds is 4. The quantitative estimate of drug-likeness (QED) is 0.791. The van der Waals surface area contributed by atoms with Gasteiger partial charge in [-0.25, -0.2) is 15.0 Å². The van der Waals surface area contributed by atoms with Crippen LogP contribution >= 0.6 is 0 Å². The van der Waals surface area contributed by atoms with Crippen LogP contribution in [-0.2, 0) is 11.8 Å². The number of benzene rings is 1. The van der Waals surface area contributed by atoms with Crippen LogP contribution in [0.2, 0.25) is 0 Å². The molecule has 6 nitrogen and oxygen atoms in total. The molecule has 3 aromatic rings. The Balaban J connectivity index is 1.61. The van der Waals surface area contributed by atoms with E-state index in [0.717, 1.165) is 59.9 Å². The third-order valence-corrected chi connectivity index (χ3v) is 4.80. The van der Waals surface area contributed by atoms with E-state index in [9.17, 15) is 0 Å². The van der Waals surface area contributed by atoms with Gasteiger partial charge in [0.2, 0.25) is 0 Å². The minimum Gasteiger partial charge on any atom is -0.373 e. The highest BCUT2D eigenvalue weighted by Crippen LogP contribution is 2.27. The Morgan fingerprint density at radius 3 is 2.96 bits per heavy atom. The molecule has 1 aromatic carbocycles. The second-order valence-corrected chi connectivity index (χ2v) is 7.00. The molecular formula is C19H23N5O. The minimum atomic E-state index is -0.105. The summed E-state index contributed by atoms with van der Waals surface area (Å²) in [5, 5.41) is 3.42. The van der Waals surface area contributed by atoms with Crippen molar-refractivity contribution in [1.29, 1.82) is 0 Å². The predicted octanol–water partition coefficient (Wildman–Crippen LogP) is 3.32. The van der Waals surface area contributed by atoms with Crippen molar-refractivity contribution in [3.05, 3.63) is 36.4 Å². The molecule has 0 bridgehead atoms. The molecule has 0 radical (unpaired) electrons. The van der Waals surface area contributed by atoms with Gasteiger partial charge in [0.1, 0.15) is 11.6 Å². The molecule has 0 spiro atoms. The Labute approximate surface area is 147 Å². The number of nitrogens with one attached hydrogen (secondary N) is 1. The van der Waals surface area contributed by atoms with Crippen molar-refractivity contribution in [2.45, 2.75) is 32.3 Å². The molecule has 1 atom stereocenters. The van der Waals surface area contributed by atoms with Crippen LogP contribution in [0.15, 0.2) is 30.6 Å². The van der Waals surface area contributed by atoms with Gasteiger partial charge < -0.3 is 14.6 Å². The van der Waals surface area contributed by atoms with Crippen molar-refractivity contribution in [2.75, 3.05) is 18.5 Å². The summed E-state index contributed by atoms with van der Waals surface area (Å²) in [6.45, 7) is 5.66. The molecule has 1 N–H and O–H groups in total. The fraction of sp³-hybridized carbons (Fsp3) is 0.421. The molecule has 6 heteroatoms. The molecule has 0 unspecified atom stereocenters. The van der Waals surface area contributed by atoms with Crippen LogP contribution in [0.25, 0.3) is 22.3 Å². The minimum absolute atomic E-state index is 0.105. The van der Waals surface area contributed by atoms with Crippen LogP contribution in [0.1, 0.15) is 25.6 Å². The van der Waals surface area contributed by atoms with Crippen LogP contribution in [0, 0.1) is 6.92 Å². The van der Waals surface area contributed by atoms with E-state index in [4.69, 9.17) is 4.74 Å². The van der Waals surface area contributed by atoms with Crippen LogP contribution < -0.4 is 5.32 Å². The third kappa shape index (κ3) is 3.22. The predicted molar refractivity (Wildman–Crippen MR) is 98.6 cm³/mol. The number of anilines is 1. The van der Waals surface area contributed by atoms with E-state index >= 15 is 0 Å². The SMILES string of the molecule is Cc1nc(NC[C@]2(C)CCCO2)cc(-c2ccc3c(c2)ncn3C)n1. The molecule has 1 fully saturated rings. The van der Waals surface area contributed by atoms with Crippen molar-refractivity contribution >= 4 is 16.9 Å². The average Bonchev–Trinajstić information content (AvgIpc) is 3.19. The van der Waals surface area contributed by atoms with Crippen LogP contribution in [0.3, 0.4) is 0 Å². The molecule has 0 amide bonds. The van der Waals surface area contributed by atoms with E-state index in [0.29, 0.717) is 0 Å². The first-order valence-electron chi connectivity index (χ1n) is 8.67. The zero-order chi connectivity index (χ0) is 17.4. The molecule has 3 heterocycles. The van der Waals surface area contributed by atoms with Gasteiger partial charge in [-0.15, -0.1) is 0 Å². The summed E-state index contributed by atoms with van der Waals surface area (Å²) in [5.74, 6) is 1.58. The number of nitrogens with zero attached hydrogens (tertiary/aromatic N) is 4. The number of hydrogen-bond donors (Lipinski definition) is 1. The molecule has 130 valence electrons. The van der Waals surface area contributed by atoms with E-state index in [1.54, 1.807) is 0 Å². The molecule has 1 aliphatic rings. The fourth-order valence-electron chi connectivity index (χ4n) is 3.36. The van der Waals surface area contributed by atoms with E-state index in [1.165, 1.54) is 0 Å². The summed E-state index contributed by atoms with van der Waals surface area (Å²) < 4.78 is 7.85. The zero-order valence-electron chi connectivity index (χ0n) is 14.9. The molecule has 2 aromatic heterocycles. The van der Waals surface area contributed by atoms with Crippen molar-refractivity contribution in [1.82, 2.24) is 19.5 Å². The van der Waals surface area contributed by atoms with E-state index in [1.807, 2.05) is 30.9 Å². The monoisotopic (exact) mass is 337 g/mol. The normalized spacial score (nSPS) is 20.3. The van der Waals surface area contributed by atoms with E-state index in [2.05, 4.69) is 45.4 Å². The maximum Gasteiger partial charge on any atom is 0.130 e. The summed E-state index contributed by atoms with van der Waals surface area (Å²) >= 11 is 0. The third-order valence-electron chi connectivity index (χ3n) is 4.80. The maximum absolute atomic E-state index is 5.84. The molecule has 1 saturated heterocycles. The van der Waals surface area contributed by atoms with Gasteiger partial charge in [-0.05, 0) is 38.8 Å². The number of imidazole rings is 1. The second kappa shape index (κ2) is 6.11. The molecule has 1 aliphatic heterocycles. The Hall–Kier alpha value is -2.47. The van der Waals surface area contributed by atoms with Crippen LogP contribution in [0.4, 0.5) is 5.82 Å². The Bertz CT molecular complexity index is 911. The summed E-state index contributed by atoms with van der Waals surface area (Å²) in [5.41, 5.74) is 3.92. The Kier molecular flexibility index (Phi) is 3.92. The zero-order valence-corrected chi connectivity index (χ0v) is 14.9. The number of hydrogen-bond acceptors (Lipinski definition) is 5. The van der Waals surface area contributed by atoms with Gasteiger partial charge in [-0.1, -0.05) is 6.07 Å². The van der Waals surface area contributed by atoms with E-state index in [-0.39, 0.29) is 5.60 Å². The standard InChI is InChI=1S/C19H23N5O/c1-13-22-15(14-5-6-17-16(9-14)21-12-24(17)3)10-18(23-13)20-11-19(2)7-4-8-25-19/h5-6,9-10,12H,4,7-8,11H2,1-3H3,(H,20,22,23)/t19-/m0/s1. The second-order valence-electron chi connectivity index (χ2n) is 7.00. The molecule has 0 saturated carbocycles. The molecule has 0 aliphatic carbocycles. The van der Waals surface area contributed by atoms with Gasteiger partial charge in [0.05, 0.1) is 28.7 Å². The first-order valence-corrected chi connectivity index (χ1v) is 8.67. The highest BCUT2D eigenvalue weighted by Gasteiger charge is 2.29. The van der Waals surface area contributed by atoms with Gasteiger partial charge in [-0.3, -0.25) is 0 Å². The van der Waals surface area contributed by atoms with Crippen molar-refractivity contribution in [3.63, 3.8) is 0 Å². The molecular weight excluding hydrogens is 314 g/mol. The summed E-state index contributed by atoms with van der Waals surface area (Å²) in [4.78, 5) is 13.6. The van der Waals surface area contributed by atoms with Gasteiger partial charge in [0.25, 0.3) is 0 Å². The van der Waals surface area contributed by atoms with Gasteiger partial charge in [0, 0.05) is 31.8 Å². The molecule has 4 rings (SSSR count). The van der Waals surface area contributed by atoms with Crippen molar-refractivity contribution in [3.8, 4) is 11.3 Å². The summed E-state index contributed by atoms with van der Waals surface area (Å²) in [6, 6.07) is 8.23. The van der Waals surface area contributed by atoms with E-state index < -0.39 is 0 Å². The lowest BCUT2D eigenvalue weighted by Crippen LogP contribution is -2.32. The largest absolute Gasteiger partial charge is 0.373 e.